The fraction of sp³-hybridized carbons (Fsp3) is 0.923. The van der Waals surface area contributed by atoms with Crippen molar-refractivity contribution in [2.75, 3.05) is 32.8 Å². The summed E-state index contributed by atoms with van der Waals surface area (Å²) >= 11 is 0. The lowest BCUT2D eigenvalue weighted by Crippen LogP contribution is -2.34. The summed E-state index contributed by atoms with van der Waals surface area (Å²) in [5.74, 6) is -0.896. The number of nitrogens with zero attached hydrogens (tertiary/aromatic N) is 1. The topological polar surface area (TPSA) is 70.0 Å². The van der Waals surface area contributed by atoms with Crippen LogP contribution < -0.4 is 0 Å². The molecule has 1 heterocycles. The molecule has 3 atom stereocenters. The van der Waals surface area contributed by atoms with Crippen molar-refractivity contribution in [2.45, 2.75) is 32.8 Å². The molecule has 106 valence electrons. The Balaban J connectivity index is 2.21. The molecule has 18 heavy (non-hydrogen) atoms. The molecule has 2 N–H and O–H groups in total. The number of carbonyl (C=O) groups is 1. The second kappa shape index (κ2) is 7.71. The van der Waals surface area contributed by atoms with Crippen LogP contribution in [-0.2, 0) is 9.53 Å². The molecule has 0 aromatic heterocycles. The fourth-order valence-corrected chi connectivity index (χ4v) is 2.35. The van der Waals surface area contributed by atoms with E-state index in [1.165, 1.54) is 0 Å². The third-order valence-electron chi connectivity index (χ3n) is 3.43. The van der Waals surface area contributed by atoms with E-state index in [4.69, 9.17) is 9.84 Å². The molecule has 1 saturated heterocycles. The van der Waals surface area contributed by atoms with Crippen LogP contribution in [0.25, 0.3) is 0 Å². The van der Waals surface area contributed by atoms with Gasteiger partial charge < -0.3 is 14.9 Å². The monoisotopic (exact) mass is 259 g/mol. The highest BCUT2D eigenvalue weighted by molar-refractivity contribution is 5.71. The molecule has 0 radical (unpaired) electrons. The SMILES string of the molecule is CCCCOCC(O)CN1CC(C)C(C(=O)O)C1. The largest absolute Gasteiger partial charge is 0.481 e. The molecule has 1 aliphatic rings. The fourth-order valence-electron chi connectivity index (χ4n) is 2.35. The summed E-state index contributed by atoms with van der Waals surface area (Å²) in [6, 6.07) is 0. The third-order valence-corrected chi connectivity index (χ3v) is 3.43. The number of β-amino-alcohol motifs (C(OH)–C–C–N with tert-alkyl or cyclic N) is 1. The minimum absolute atomic E-state index is 0.149. The van der Waals surface area contributed by atoms with Crippen LogP contribution in [-0.4, -0.2) is 60.0 Å². The maximum absolute atomic E-state index is 11.0. The van der Waals surface area contributed by atoms with Gasteiger partial charge in [0.05, 0.1) is 18.6 Å². The lowest BCUT2D eigenvalue weighted by molar-refractivity contribution is -0.142. The van der Waals surface area contributed by atoms with Crippen LogP contribution in [0, 0.1) is 11.8 Å². The number of likely N-dealkylation sites (tertiary alicyclic amines) is 1. The molecule has 0 amide bonds. The minimum atomic E-state index is -0.737. The number of carboxylic acids is 1. The maximum Gasteiger partial charge on any atom is 0.308 e. The number of hydrogen-bond donors (Lipinski definition) is 2. The first-order chi connectivity index (χ1) is 8.54. The van der Waals surface area contributed by atoms with Crippen molar-refractivity contribution in [3.8, 4) is 0 Å². The molecule has 0 spiro atoms. The van der Waals surface area contributed by atoms with Gasteiger partial charge in [-0.15, -0.1) is 0 Å². The molecule has 1 rings (SSSR count). The van der Waals surface area contributed by atoms with Gasteiger partial charge in [0.2, 0.25) is 0 Å². The molecule has 5 heteroatoms. The zero-order valence-corrected chi connectivity index (χ0v) is 11.3. The first-order valence-electron chi connectivity index (χ1n) is 6.75. The molecule has 5 nitrogen and oxygen atoms in total. The second-order valence-electron chi connectivity index (χ2n) is 5.22. The second-order valence-corrected chi connectivity index (χ2v) is 5.22. The Morgan fingerprint density at radius 3 is 2.78 bits per heavy atom. The van der Waals surface area contributed by atoms with E-state index in [2.05, 4.69) is 6.92 Å². The molecular formula is C13H25NO4. The van der Waals surface area contributed by atoms with Crippen LogP contribution in [0.3, 0.4) is 0 Å². The first-order valence-corrected chi connectivity index (χ1v) is 6.75. The number of aliphatic carboxylic acids is 1. The zero-order chi connectivity index (χ0) is 13.5. The number of carboxylic acid groups (broad SMARTS) is 1. The average molecular weight is 259 g/mol. The molecule has 3 unspecified atom stereocenters. The summed E-state index contributed by atoms with van der Waals surface area (Å²) in [4.78, 5) is 13.0. The van der Waals surface area contributed by atoms with E-state index >= 15 is 0 Å². The predicted octanol–water partition coefficient (Wildman–Crippen LogP) is 0.816. The van der Waals surface area contributed by atoms with Crippen molar-refractivity contribution in [1.82, 2.24) is 4.90 Å². The van der Waals surface area contributed by atoms with E-state index in [0.29, 0.717) is 26.3 Å². The van der Waals surface area contributed by atoms with Gasteiger partial charge in [0.1, 0.15) is 0 Å². The van der Waals surface area contributed by atoms with Crippen molar-refractivity contribution in [3.05, 3.63) is 0 Å². The lowest BCUT2D eigenvalue weighted by Gasteiger charge is -2.19. The molecule has 0 aromatic carbocycles. The zero-order valence-electron chi connectivity index (χ0n) is 11.3. The van der Waals surface area contributed by atoms with Gasteiger partial charge in [0, 0.05) is 26.2 Å². The van der Waals surface area contributed by atoms with E-state index in [-0.39, 0.29) is 11.8 Å². The van der Waals surface area contributed by atoms with E-state index in [0.717, 1.165) is 19.4 Å². The Morgan fingerprint density at radius 2 is 2.22 bits per heavy atom. The number of rotatable bonds is 8. The number of ether oxygens (including phenoxy) is 1. The van der Waals surface area contributed by atoms with Crippen LogP contribution >= 0.6 is 0 Å². The van der Waals surface area contributed by atoms with Crippen LogP contribution in [0.1, 0.15) is 26.7 Å². The van der Waals surface area contributed by atoms with Gasteiger partial charge in [0.25, 0.3) is 0 Å². The summed E-state index contributed by atoms with van der Waals surface area (Å²) in [5, 5.41) is 18.8. The third kappa shape index (κ3) is 4.92. The lowest BCUT2D eigenvalue weighted by atomic mass is 9.99. The normalized spacial score (nSPS) is 26.4. The first kappa shape index (κ1) is 15.4. The van der Waals surface area contributed by atoms with Crippen molar-refractivity contribution < 1.29 is 19.7 Å². The van der Waals surface area contributed by atoms with Gasteiger partial charge in [0.15, 0.2) is 0 Å². The Morgan fingerprint density at radius 1 is 1.50 bits per heavy atom. The van der Waals surface area contributed by atoms with Crippen LogP contribution in [0.2, 0.25) is 0 Å². The van der Waals surface area contributed by atoms with E-state index in [9.17, 15) is 9.90 Å². The van der Waals surface area contributed by atoms with Crippen molar-refractivity contribution in [3.63, 3.8) is 0 Å². The molecule has 0 saturated carbocycles. The van der Waals surface area contributed by atoms with Gasteiger partial charge in [-0.3, -0.25) is 9.69 Å². The standard InChI is InChI=1S/C13H25NO4/c1-3-4-5-18-9-11(15)7-14-6-10(2)12(8-14)13(16)17/h10-12,15H,3-9H2,1-2H3,(H,16,17). The molecule has 1 aliphatic heterocycles. The maximum atomic E-state index is 11.0. The molecule has 0 bridgehead atoms. The number of hydrogen-bond acceptors (Lipinski definition) is 4. The number of unbranched alkanes of at least 4 members (excludes halogenated alkanes) is 1. The van der Waals surface area contributed by atoms with Crippen LogP contribution in [0.15, 0.2) is 0 Å². The summed E-state index contributed by atoms with van der Waals surface area (Å²) in [7, 11) is 0. The highest BCUT2D eigenvalue weighted by atomic mass is 16.5. The minimum Gasteiger partial charge on any atom is -0.481 e. The van der Waals surface area contributed by atoms with Crippen molar-refractivity contribution in [2.24, 2.45) is 11.8 Å². The summed E-state index contributed by atoms with van der Waals surface area (Å²) < 4.78 is 5.35. The summed E-state index contributed by atoms with van der Waals surface area (Å²) in [6.07, 6.45) is 1.57. The summed E-state index contributed by atoms with van der Waals surface area (Å²) in [5.41, 5.74) is 0. The predicted molar refractivity (Wildman–Crippen MR) is 68.5 cm³/mol. The van der Waals surface area contributed by atoms with Gasteiger partial charge in [-0.1, -0.05) is 20.3 Å². The molecule has 1 fully saturated rings. The van der Waals surface area contributed by atoms with Gasteiger partial charge in [-0.2, -0.15) is 0 Å². The van der Waals surface area contributed by atoms with Gasteiger partial charge in [-0.05, 0) is 12.3 Å². The average Bonchev–Trinajstić information content (AvgIpc) is 2.66. The highest BCUT2D eigenvalue weighted by Crippen LogP contribution is 2.23. The van der Waals surface area contributed by atoms with Crippen LogP contribution in [0.4, 0.5) is 0 Å². The van der Waals surface area contributed by atoms with E-state index in [1.807, 2.05) is 11.8 Å². The van der Waals surface area contributed by atoms with Gasteiger partial charge in [-0.25, -0.2) is 0 Å². The Labute approximate surface area is 109 Å². The smallest absolute Gasteiger partial charge is 0.308 e. The molecule has 0 aliphatic carbocycles. The molecular weight excluding hydrogens is 234 g/mol. The number of aliphatic hydroxyl groups is 1. The highest BCUT2D eigenvalue weighted by Gasteiger charge is 2.35. The van der Waals surface area contributed by atoms with Crippen LogP contribution in [0.5, 0.6) is 0 Å². The van der Waals surface area contributed by atoms with Crippen molar-refractivity contribution in [1.29, 1.82) is 0 Å². The van der Waals surface area contributed by atoms with E-state index in [1.54, 1.807) is 0 Å². The van der Waals surface area contributed by atoms with Gasteiger partial charge >= 0.3 is 5.97 Å². The summed E-state index contributed by atoms with van der Waals surface area (Å²) in [6.45, 7) is 6.83. The quantitative estimate of drug-likeness (QED) is 0.631. The molecule has 0 aromatic rings. The Hall–Kier alpha value is -0.650. The number of aliphatic hydroxyl groups excluding tert-OH is 1. The van der Waals surface area contributed by atoms with Crippen molar-refractivity contribution >= 4 is 5.97 Å². The Bertz CT molecular complexity index is 259. The van der Waals surface area contributed by atoms with E-state index < -0.39 is 12.1 Å². The Kier molecular flexibility index (Phi) is 6.60.